The molecule has 0 radical (unpaired) electrons. The largest absolute Gasteiger partial charge is 0.480 e. The van der Waals surface area contributed by atoms with Crippen molar-refractivity contribution < 1.29 is 19.7 Å². The Labute approximate surface area is 229 Å². The molecule has 6 nitrogen and oxygen atoms in total. The Balaban J connectivity index is 1.12. The maximum Gasteiger partial charge on any atom is 0.321 e. The number of β-amino-alcohol motifs (C(OH)–C–C–N with tert-alkyl or cyclic N) is 1. The number of benzene rings is 1. The highest BCUT2D eigenvalue weighted by atomic mass is 16.5. The van der Waals surface area contributed by atoms with E-state index in [-0.39, 0.29) is 22.7 Å². The number of aliphatic hydroxyl groups excluding tert-OH is 1. The van der Waals surface area contributed by atoms with Crippen molar-refractivity contribution in [1.29, 1.82) is 0 Å². The number of likely N-dealkylation sites (tertiary alicyclic amines) is 1. The van der Waals surface area contributed by atoms with Crippen LogP contribution < -0.4 is 0 Å². The first kappa shape index (κ1) is 24.3. The summed E-state index contributed by atoms with van der Waals surface area (Å²) in [6, 6.07) is 8.59. The van der Waals surface area contributed by atoms with E-state index >= 15 is 0 Å². The molecule has 6 aliphatic rings. The third-order valence-electron chi connectivity index (χ3n) is 11.8. The second-order valence-electron chi connectivity index (χ2n) is 13.5. The van der Waals surface area contributed by atoms with Crippen LogP contribution in [0.1, 0.15) is 76.2 Å². The topological polar surface area (TPSA) is 82.9 Å². The van der Waals surface area contributed by atoms with Crippen molar-refractivity contribution in [3.05, 3.63) is 65.5 Å². The van der Waals surface area contributed by atoms with Gasteiger partial charge in [0.2, 0.25) is 0 Å². The summed E-state index contributed by atoms with van der Waals surface area (Å²) in [4.78, 5) is 18.4. The fourth-order valence-electron chi connectivity index (χ4n) is 10.0. The maximum atomic E-state index is 12.0. The van der Waals surface area contributed by atoms with Gasteiger partial charge < -0.3 is 14.9 Å². The van der Waals surface area contributed by atoms with E-state index in [1.807, 2.05) is 12.4 Å². The second-order valence-corrected chi connectivity index (χ2v) is 13.5. The third kappa shape index (κ3) is 3.31. The zero-order valence-electron chi connectivity index (χ0n) is 22.7. The molecule has 4 heterocycles. The smallest absolute Gasteiger partial charge is 0.321 e. The van der Waals surface area contributed by atoms with E-state index < -0.39 is 18.1 Å². The van der Waals surface area contributed by atoms with E-state index in [1.54, 1.807) is 0 Å². The molecule has 2 bridgehead atoms. The number of pyridine rings is 1. The number of aliphatic carboxylic acids is 1. The molecule has 39 heavy (non-hydrogen) atoms. The monoisotopic (exact) mass is 526 g/mol. The summed E-state index contributed by atoms with van der Waals surface area (Å²) in [6.07, 6.45) is 16.8. The third-order valence-corrected chi connectivity index (χ3v) is 11.8. The molecule has 4 unspecified atom stereocenters. The minimum Gasteiger partial charge on any atom is -0.480 e. The zero-order valence-corrected chi connectivity index (χ0v) is 22.7. The van der Waals surface area contributed by atoms with E-state index in [1.165, 1.54) is 40.3 Å². The van der Waals surface area contributed by atoms with Gasteiger partial charge in [0.15, 0.2) is 0 Å². The number of aromatic nitrogens is 1. The Kier molecular flexibility index (Phi) is 5.13. The van der Waals surface area contributed by atoms with Gasteiger partial charge in [0.1, 0.15) is 6.04 Å². The number of carboxylic acids is 1. The van der Waals surface area contributed by atoms with Crippen molar-refractivity contribution in [2.24, 2.45) is 11.3 Å². The number of carbonyl (C=O) groups is 1. The Morgan fingerprint density at radius 3 is 2.92 bits per heavy atom. The van der Waals surface area contributed by atoms with Gasteiger partial charge in [0.05, 0.1) is 17.3 Å². The van der Waals surface area contributed by atoms with Gasteiger partial charge in [-0.15, -0.1) is 0 Å². The van der Waals surface area contributed by atoms with E-state index in [0.717, 1.165) is 38.5 Å². The number of carboxylic acid groups (broad SMARTS) is 1. The number of rotatable bonds is 3. The van der Waals surface area contributed by atoms with Crippen molar-refractivity contribution in [2.45, 2.75) is 100 Å². The van der Waals surface area contributed by atoms with Crippen LogP contribution in [0.4, 0.5) is 0 Å². The lowest BCUT2D eigenvalue weighted by atomic mass is 9.58. The summed E-state index contributed by atoms with van der Waals surface area (Å²) in [5, 5.41) is 22.6. The molecule has 0 amide bonds. The number of allylic oxidation sites excluding steroid dienone is 1. The van der Waals surface area contributed by atoms with Crippen LogP contribution in [0.5, 0.6) is 0 Å². The van der Waals surface area contributed by atoms with Crippen LogP contribution >= 0.6 is 0 Å². The lowest BCUT2D eigenvalue weighted by Crippen LogP contribution is -2.56. The predicted molar refractivity (Wildman–Crippen MR) is 148 cm³/mol. The molecule has 8 atom stereocenters. The molecule has 8 rings (SSSR count). The summed E-state index contributed by atoms with van der Waals surface area (Å²) in [6.45, 7) is 2.96. The molecule has 2 spiro atoms. The van der Waals surface area contributed by atoms with Crippen LogP contribution in [0.25, 0.3) is 10.8 Å². The van der Waals surface area contributed by atoms with Crippen molar-refractivity contribution in [3.8, 4) is 0 Å². The molecule has 2 saturated heterocycles. The van der Waals surface area contributed by atoms with Crippen LogP contribution in [-0.4, -0.2) is 62.0 Å². The van der Waals surface area contributed by atoms with Gasteiger partial charge in [-0.05, 0) is 103 Å². The Bertz CT molecular complexity index is 1430. The quantitative estimate of drug-likeness (QED) is 0.560. The average molecular weight is 527 g/mol. The van der Waals surface area contributed by atoms with E-state index in [4.69, 9.17) is 4.74 Å². The van der Waals surface area contributed by atoms with Gasteiger partial charge in [-0.3, -0.25) is 14.7 Å². The molecule has 2 N–H and O–H groups in total. The molecule has 2 aromatic rings. The Morgan fingerprint density at radius 1 is 1.15 bits per heavy atom. The fourth-order valence-corrected chi connectivity index (χ4v) is 10.0. The Morgan fingerprint density at radius 2 is 2.05 bits per heavy atom. The van der Waals surface area contributed by atoms with Crippen molar-refractivity contribution >= 4 is 16.7 Å². The molecular weight excluding hydrogens is 488 g/mol. The summed E-state index contributed by atoms with van der Waals surface area (Å²) in [7, 11) is 0. The number of hydrogen-bond acceptors (Lipinski definition) is 5. The van der Waals surface area contributed by atoms with Crippen LogP contribution in [0.2, 0.25) is 0 Å². The summed E-state index contributed by atoms with van der Waals surface area (Å²) in [5.74, 6) is 0.149. The molecule has 1 aromatic carbocycles. The van der Waals surface area contributed by atoms with Crippen molar-refractivity contribution in [2.75, 3.05) is 6.54 Å². The highest BCUT2D eigenvalue weighted by Gasteiger charge is 2.67. The maximum absolute atomic E-state index is 12.0. The second kappa shape index (κ2) is 8.25. The van der Waals surface area contributed by atoms with Gasteiger partial charge in [0, 0.05) is 36.8 Å². The molecule has 204 valence electrons. The number of hydrogen-bond donors (Lipinski definition) is 2. The summed E-state index contributed by atoms with van der Waals surface area (Å²) >= 11 is 0. The molecule has 4 fully saturated rings. The molecule has 1 aromatic heterocycles. The molecule has 2 saturated carbocycles. The predicted octanol–water partition coefficient (Wildman–Crippen LogP) is 5.37. The van der Waals surface area contributed by atoms with Gasteiger partial charge in [-0.2, -0.15) is 0 Å². The fraction of sp³-hybridized carbons (Fsp3) is 0.576. The van der Waals surface area contributed by atoms with Gasteiger partial charge in [-0.1, -0.05) is 31.2 Å². The molecule has 3 aliphatic heterocycles. The lowest BCUT2D eigenvalue weighted by Gasteiger charge is -2.55. The zero-order chi connectivity index (χ0) is 26.6. The highest BCUT2D eigenvalue weighted by Crippen LogP contribution is 2.69. The van der Waals surface area contributed by atoms with Crippen LogP contribution in [0, 0.1) is 11.3 Å². The van der Waals surface area contributed by atoms with E-state index in [9.17, 15) is 15.0 Å². The minimum absolute atomic E-state index is 0.137. The van der Waals surface area contributed by atoms with Crippen molar-refractivity contribution in [3.63, 3.8) is 0 Å². The number of aliphatic hydroxyl groups is 1. The lowest BCUT2D eigenvalue weighted by molar-refractivity contribution is -0.150. The minimum atomic E-state index is -0.812. The normalized spacial score (nSPS) is 43.0. The average Bonchev–Trinajstić information content (AvgIpc) is 3.59. The van der Waals surface area contributed by atoms with Crippen LogP contribution in [0.15, 0.2) is 60.0 Å². The molecule has 3 aliphatic carbocycles. The first-order valence-electron chi connectivity index (χ1n) is 14.9. The van der Waals surface area contributed by atoms with Crippen LogP contribution in [0.3, 0.4) is 0 Å². The SMILES string of the molecule is CC12CC=C3C=C4CCC(N5CC(O)C[C@H]5C(=O)O)C[C@]45CC[C@]3(O5)[C@@H]1CCC2c1ccc2ccncc2c1. The van der Waals surface area contributed by atoms with Crippen LogP contribution in [-0.2, 0) is 9.53 Å². The number of fused-ring (bicyclic) bond motifs is 2. The van der Waals surface area contributed by atoms with Gasteiger partial charge in [0.25, 0.3) is 0 Å². The summed E-state index contributed by atoms with van der Waals surface area (Å²) in [5.41, 5.74) is 3.88. The van der Waals surface area contributed by atoms with E-state index in [2.05, 4.69) is 53.2 Å². The number of ether oxygens (including phenoxy) is 1. The van der Waals surface area contributed by atoms with E-state index in [0.29, 0.717) is 24.8 Å². The molecule has 6 heteroatoms. The highest BCUT2D eigenvalue weighted by molar-refractivity contribution is 5.82. The first-order valence-corrected chi connectivity index (χ1v) is 14.9. The first-order chi connectivity index (χ1) is 18.8. The summed E-state index contributed by atoms with van der Waals surface area (Å²) < 4.78 is 7.44. The Hall–Kier alpha value is -2.54. The van der Waals surface area contributed by atoms with Crippen molar-refractivity contribution in [1.82, 2.24) is 9.88 Å². The molecular formula is C33H38N2O4. The van der Waals surface area contributed by atoms with Gasteiger partial charge >= 0.3 is 5.97 Å². The standard InChI is InChI=1S/C33H38N2O4/c1-31-10-8-24-15-23-4-5-25(35-19-26(36)16-28(35)30(37)38)17-32(23)11-12-33(24,39-32)29(31)7-6-27(31)21-3-2-20-9-13-34-18-22(20)14-21/h2-3,8-9,13-15,18,25-29,36H,4-7,10-12,16-17,19H2,1H3,(H,37,38)/t25?,26?,27?,28-,29+,31?,32+,33+/m0/s1. The van der Waals surface area contributed by atoms with Gasteiger partial charge in [-0.25, -0.2) is 0 Å². The number of nitrogens with zero attached hydrogens (tertiary/aromatic N) is 2.